The van der Waals surface area contributed by atoms with Crippen LogP contribution in [-0.2, 0) is 5.41 Å². The summed E-state index contributed by atoms with van der Waals surface area (Å²) < 4.78 is 5.84. The Morgan fingerprint density at radius 1 is 1.00 bits per heavy atom. The molecule has 0 aromatic heterocycles. The van der Waals surface area contributed by atoms with Crippen LogP contribution in [0, 0.1) is 6.92 Å². The van der Waals surface area contributed by atoms with Crippen molar-refractivity contribution in [2.75, 3.05) is 6.23 Å². The highest BCUT2D eigenvalue weighted by molar-refractivity contribution is 6.62. The third-order valence-corrected chi connectivity index (χ3v) is 5.76. The monoisotopic (exact) mass is 310 g/mol. The molecule has 0 spiro atoms. The van der Waals surface area contributed by atoms with Crippen LogP contribution in [0.1, 0.15) is 30.5 Å². The van der Waals surface area contributed by atoms with E-state index in [-0.39, 0.29) is 5.41 Å². The minimum atomic E-state index is -0.909. The Bertz CT molecular complexity index is 611. The van der Waals surface area contributed by atoms with E-state index < -0.39 is 8.80 Å². The van der Waals surface area contributed by atoms with E-state index in [1.165, 1.54) is 16.7 Å². The number of hydrogen-bond acceptors (Lipinski definition) is 1. The van der Waals surface area contributed by atoms with Gasteiger partial charge >= 0.3 is 0 Å². The van der Waals surface area contributed by atoms with Gasteiger partial charge in [0.25, 0.3) is 0 Å². The molecule has 0 aliphatic carbocycles. The zero-order valence-corrected chi connectivity index (χ0v) is 15.3. The van der Waals surface area contributed by atoms with Crippen molar-refractivity contribution in [3.8, 4) is 5.75 Å². The predicted molar refractivity (Wildman–Crippen MR) is 98.5 cm³/mol. The molecule has 22 heavy (non-hydrogen) atoms. The van der Waals surface area contributed by atoms with Crippen LogP contribution < -0.4 is 4.74 Å². The average molecular weight is 311 g/mol. The van der Waals surface area contributed by atoms with Gasteiger partial charge in [0.1, 0.15) is 14.5 Å². The van der Waals surface area contributed by atoms with Gasteiger partial charge in [-0.15, -0.1) is 12.3 Å². The Morgan fingerprint density at radius 2 is 1.50 bits per heavy atom. The van der Waals surface area contributed by atoms with Crippen LogP contribution in [0.4, 0.5) is 0 Å². The smallest absolute Gasteiger partial charge is 0.118 e. The van der Waals surface area contributed by atoms with Crippen molar-refractivity contribution in [3.05, 3.63) is 77.5 Å². The van der Waals surface area contributed by atoms with Gasteiger partial charge in [0.05, 0.1) is 6.23 Å². The van der Waals surface area contributed by atoms with Crippen molar-refractivity contribution in [3.63, 3.8) is 0 Å². The Kier molecular flexibility index (Phi) is 5.25. The molecule has 2 rings (SSSR count). The standard InChI is InChI=1S/C20H26OSi/c1-6-22(5)15-21-19-13-11-18(12-14-19)20(3,4)17-9-7-16(2)8-10-17/h6-14,22H,1,15H2,2-5H3. The van der Waals surface area contributed by atoms with Crippen molar-refractivity contribution in [1.82, 2.24) is 0 Å². The average Bonchev–Trinajstić information content (AvgIpc) is 2.53. The lowest BCUT2D eigenvalue weighted by molar-refractivity contribution is 0.382. The third kappa shape index (κ3) is 3.89. The van der Waals surface area contributed by atoms with Crippen LogP contribution in [0.2, 0.25) is 6.55 Å². The molecule has 0 saturated carbocycles. The maximum Gasteiger partial charge on any atom is 0.118 e. The molecule has 0 heterocycles. The minimum absolute atomic E-state index is 0.00458. The van der Waals surface area contributed by atoms with Gasteiger partial charge in [0, 0.05) is 5.41 Å². The van der Waals surface area contributed by atoms with Crippen molar-refractivity contribution < 1.29 is 4.74 Å². The van der Waals surface area contributed by atoms with Gasteiger partial charge < -0.3 is 4.74 Å². The van der Waals surface area contributed by atoms with Gasteiger partial charge in [0.2, 0.25) is 0 Å². The van der Waals surface area contributed by atoms with Gasteiger partial charge in [-0.05, 0) is 30.2 Å². The molecule has 116 valence electrons. The molecule has 1 nitrogen and oxygen atoms in total. The molecule has 0 amide bonds. The first-order chi connectivity index (χ1) is 10.4. The number of ether oxygens (including phenoxy) is 1. The summed E-state index contributed by atoms with van der Waals surface area (Å²) in [4.78, 5) is 0. The second-order valence-electron chi connectivity index (χ2n) is 6.54. The third-order valence-electron chi connectivity index (χ3n) is 4.26. The molecular formula is C20H26OSi. The Hall–Kier alpha value is -1.80. The summed E-state index contributed by atoms with van der Waals surface area (Å²) in [5, 5.41) is 0. The molecule has 1 unspecified atom stereocenters. The highest BCUT2D eigenvalue weighted by Crippen LogP contribution is 2.32. The molecule has 0 radical (unpaired) electrons. The highest BCUT2D eigenvalue weighted by Gasteiger charge is 2.22. The quantitative estimate of drug-likeness (QED) is 0.695. The van der Waals surface area contributed by atoms with Crippen LogP contribution in [0.25, 0.3) is 0 Å². The fourth-order valence-corrected chi connectivity index (χ4v) is 2.99. The fraction of sp³-hybridized carbons (Fsp3) is 0.300. The number of benzene rings is 2. The van der Waals surface area contributed by atoms with E-state index in [4.69, 9.17) is 4.74 Å². The molecule has 2 heteroatoms. The van der Waals surface area contributed by atoms with Crippen LogP contribution in [0.5, 0.6) is 5.75 Å². The van der Waals surface area contributed by atoms with E-state index in [2.05, 4.69) is 88.1 Å². The number of rotatable bonds is 6. The van der Waals surface area contributed by atoms with Gasteiger partial charge in [-0.3, -0.25) is 0 Å². The zero-order chi connectivity index (χ0) is 16.2. The Balaban J connectivity index is 2.14. The summed E-state index contributed by atoms with van der Waals surface area (Å²) in [6.07, 6.45) is 0.810. The lowest BCUT2D eigenvalue weighted by Crippen LogP contribution is -2.19. The van der Waals surface area contributed by atoms with Crippen molar-refractivity contribution >= 4 is 8.80 Å². The molecule has 0 bridgehead atoms. The van der Waals surface area contributed by atoms with Crippen LogP contribution in [0.3, 0.4) is 0 Å². The van der Waals surface area contributed by atoms with Gasteiger partial charge in [-0.25, -0.2) is 0 Å². The van der Waals surface area contributed by atoms with E-state index in [1.807, 2.05) is 0 Å². The van der Waals surface area contributed by atoms with Crippen LogP contribution >= 0.6 is 0 Å². The van der Waals surface area contributed by atoms with Crippen molar-refractivity contribution in [2.45, 2.75) is 32.7 Å². The molecule has 0 N–H and O–H groups in total. The van der Waals surface area contributed by atoms with E-state index in [1.54, 1.807) is 0 Å². The molecule has 0 saturated heterocycles. The summed E-state index contributed by atoms with van der Waals surface area (Å²) in [7, 11) is -0.909. The van der Waals surface area contributed by atoms with Gasteiger partial charge in [-0.2, -0.15) is 0 Å². The van der Waals surface area contributed by atoms with Gasteiger partial charge in [0.15, 0.2) is 0 Å². The summed E-state index contributed by atoms with van der Waals surface area (Å²) in [5.41, 5.74) is 5.98. The molecule has 0 fully saturated rings. The molecule has 1 atom stereocenters. The molecule has 2 aromatic rings. The SMILES string of the molecule is C=C[SiH](C)COc1ccc(C(C)(C)c2ccc(C)cc2)cc1. The predicted octanol–water partition coefficient (Wildman–Crippen LogP) is 4.82. The molecule has 0 aliphatic heterocycles. The first-order valence-corrected chi connectivity index (χ1v) is 10.5. The van der Waals surface area contributed by atoms with E-state index in [0.717, 1.165) is 12.0 Å². The highest BCUT2D eigenvalue weighted by atomic mass is 28.3. The Labute approximate surface area is 136 Å². The number of hydrogen-bond donors (Lipinski definition) is 0. The zero-order valence-electron chi connectivity index (χ0n) is 14.1. The molecular weight excluding hydrogens is 284 g/mol. The second kappa shape index (κ2) is 6.97. The molecule has 2 aromatic carbocycles. The first-order valence-electron chi connectivity index (χ1n) is 7.86. The maximum atomic E-state index is 5.84. The number of aryl methyl sites for hydroxylation is 1. The van der Waals surface area contributed by atoms with Gasteiger partial charge in [-0.1, -0.05) is 62.4 Å². The first kappa shape index (κ1) is 16.6. The van der Waals surface area contributed by atoms with E-state index in [0.29, 0.717) is 0 Å². The summed E-state index contributed by atoms with van der Waals surface area (Å²) >= 11 is 0. The largest absolute Gasteiger partial charge is 0.497 e. The topological polar surface area (TPSA) is 9.23 Å². The van der Waals surface area contributed by atoms with E-state index >= 15 is 0 Å². The lowest BCUT2D eigenvalue weighted by atomic mass is 9.78. The minimum Gasteiger partial charge on any atom is -0.497 e. The van der Waals surface area contributed by atoms with Crippen LogP contribution in [-0.4, -0.2) is 15.0 Å². The summed E-state index contributed by atoms with van der Waals surface area (Å²) in [6.45, 7) is 12.7. The Morgan fingerprint density at radius 3 is 2.00 bits per heavy atom. The van der Waals surface area contributed by atoms with Crippen molar-refractivity contribution in [2.24, 2.45) is 0 Å². The fourth-order valence-electron chi connectivity index (χ4n) is 2.40. The normalized spacial score (nSPS) is 12.7. The molecule has 0 aliphatic rings. The van der Waals surface area contributed by atoms with Crippen molar-refractivity contribution in [1.29, 1.82) is 0 Å². The second-order valence-corrected chi connectivity index (χ2v) is 9.30. The summed E-state index contributed by atoms with van der Waals surface area (Å²) in [6, 6.07) is 17.3. The summed E-state index contributed by atoms with van der Waals surface area (Å²) in [5.74, 6) is 0.949. The van der Waals surface area contributed by atoms with E-state index in [9.17, 15) is 0 Å². The van der Waals surface area contributed by atoms with Crippen LogP contribution in [0.15, 0.2) is 60.8 Å². The maximum absolute atomic E-state index is 5.84. The lowest BCUT2D eigenvalue weighted by Gasteiger charge is -2.26.